The van der Waals surface area contributed by atoms with E-state index in [9.17, 15) is 9.59 Å². The Labute approximate surface area is 109 Å². The van der Waals surface area contributed by atoms with Gasteiger partial charge in [0.15, 0.2) is 0 Å². The first kappa shape index (κ1) is 14.0. The summed E-state index contributed by atoms with van der Waals surface area (Å²) in [4.78, 5) is 26.6. The molecule has 1 heterocycles. The van der Waals surface area contributed by atoms with Crippen molar-refractivity contribution in [3.63, 3.8) is 0 Å². The summed E-state index contributed by atoms with van der Waals surface area (Å²) < 4.78 is 4.58. The molecular formula is C10H13ClN4O3. The third kappa shape index (κ3) is 4.10. The quantitative estimate of drug-likeness (QED) is 0.567. The Balaban J connectivity index is 2.66. The molecule has 0 aliphatic rings. The second-order valence-electron chi connectivity index (χ2n) is 3.11. The van der Waals surface area contributed by atoms with Crippen LogP contribution in [-0.4, -0.2) is 30.6 Å². The van der Waals surface area contributed by atoms with E-state index < -0.39 is 12.0 Å². The molecule has 3 N–H and O–H groups in total. The van der Waals surface area contributed by atoms with Gasteiger partial charge in [0.1, 0.15) is 11.0 Å². The maximum atomic E-state index is 11.7. The minimum atomic E-state index is -0.736. The van der Waals surface area contributed by atoms with E-state index in [2.05, 4.69) is 25.9 Å². The van der Waals surface area contributed by atoms with E-state index in [1.165, 1.54) is 12.1 Å². The first-order valence-corrected chi connectivity index (χ1v) is 5.53. The molecule has 0 fully saturated rings. The standard InChI is InChI=1S/C10H13ClN4O3/c1-3-18-10(17)15-14-9(16)6-4-7(11)13-8(5-6)12-2/h4-5H,3H2,1-2H3,(H,12,13)(H,14,16)(H,15,17). The number of carbonyl (C=O) groups excluding carboxylic acids is 2. The predicted octanol–water partition coefficient (Wildman–Crippen LogP) is 1.17. The zero-order chi connectivity index (χ0) is 13.5. The maximum Gasteiger partial charge on any atom is 0.426 e. The number of ether oxygens (including phenoxy) is 1. The van der Waals surface area contributed by atoms with Crippen molar-refractivity contribution < 1.29 is 14.3 Å². The molecule has 2 amide bonds. The van der Waals surface area contributed by atoms with Crippen LogP contribution in [0.2, 0.25) is 5.15 Å². The highest BCUT2D eigenvalue weighted by atomic mass is 35.5. The molecule has 0 aromatic carbocycles. The summed E-state index contributed by atoms with van der Waals surface area (Å²) in [6.07, 6.45) is -0.736. The van der Waals surface area contributed by atoms with Crippen LogP contribution in [0.1, 0.15) is 17.3 Å². The second kappa shape index (κ2) is 6.65. The van der Waals surface area contributed by atoms with Crippen molar-refractivity contribution in [1.29, 1.82) is 0 Å². The molecule has 0 aliphatic carbocycles. The van der Waals surface area contributed by atoms with Crippen LogP contribution < -0.4 is 16.2 Å². The van der Waals surface area contributed by atoms with Gasteiger partial charge in [0.05, 0.1) is 6.61 Å². The fourth-order valence-electron chi connectivity index (χ4n) is 1.10. The van der Waals surface area contributed by atoms with E-state index in [0.29, 0.717) is 5.82 Å². The van der Waals surface area contributed by atoms with Crippen molar-refractivity contribution in [3.05, 3.63) is 22.8 Å². The lowest BCUT2D eigenvalue weighted by Gasteiger charge is -2.08. The number of rotatable bonds is 3. The summed E-state index contributed by atoms with van der Waals surface area (Å²) in [6, 6.07) is 2.87. The zero-order valence-corrected chi connectivity index (χ0v) is 10.7. The lowest BCUT2D eigenvalue weighted by atomic mass is 10.2. The number of halogens is 1. The fourth-order valence-corrected chi connectivity index (χ4v) is 1.31. The van der Waals surface area contributed by atoms with Crippen molar-refractivity contribution >= 4 is 29.4 Å². The Morgan fingerprint density at radius 3 is 2.72 bits per heavy atom. The summed E-state index contributed by atoms with van der Waals surface area (Å²) in [5.41, 5.74) is 4.54. The van der Waals surface area contributed by atoms with Gasteiger partial charge in [-0.05, 0) is 19.1 Å². The van der Waals surface area contributed by atoms with E-state index in [1.807, 2.05) is 0 Å². The van der Waals surface area contributed by atoms with Gasteiger partial charge in [-0.3, -0.25) is 10.2 Å². The Hall–Kier alpha value is -2.02. The highest BCUT2D eigenvalue weighted by Crippen LogP contribution is 2.13. The molecule has 1 rings (SSSR count). The zero-order valence-electron chi connectivity index (χ0n) is 9.91. The van der Waals surface area contributed by atoms with Gasteiger partial charge >= 0.3 is 6.09 Å². The molecule has 0 bridgehead atoms. The van der Waals surface area contributed by atoms with E-state index >= 15 is 0 Å². The number of aromatic nitrogens is 1. The van der Waals surface area contributed by atoms with Crippen LogP contribution in [0.5, 0.6) is 0 Å². The van der Waals surface area contributed by atoms with Crippen LogP contribution >= 0.6 is 11.6 Å². The Kier molecular flexibility index (Phi) is 5.19. The molecule has 8 heteroatoms. The minimum Gasteiger partial charge on any atom is -0.449 e. The van der Waals surface area contributed by atoms with Crippen molar-refractivity contribution in [2.45, 2.75) is 6.92 Å². The average molecular weight is 273 g/mol. The van der Waals surface area contributed by atoms with Crippen molar-refractivity contribution in [2.24, 2.45) is 0 Å². The van der Waals surface area contributed by atoms with Gasteiger partial charge < -0.3 is 10.1 Å². The molecule has 98 valence electrons. The number of hydrogen-bond donors (Lipinski definition) is 3. The van der Waals surface area contributed by atoms with Crippen LogP contribution in [0.3, 0.4) is 0 Å². The normalized spacial score (nSPS) is 9.50. The molecule has 0 atom stereocenters. The van der Waals surface area contributed by atoms with Crippen LogP contribution in [0, 0.1) is 0 Å². The summed E-state index contributed by atoms with van der Waals surface area (Å²) >= 11 is 5.74. The van der Waals surface area contributed by atoms with E-state index in [-0.39, 0.29) is 17.3 Å². The summed E-state index contributed by atoms with van der Waals surface area (Å²) in [5, 5.41) is 2.93. The largest absolute Gasteiger partial charge is 0.449 e. The Morgan fingerprint density at radius 2 is 2.11 bits per heavy atom. The summed E-state index contributed by atoms with van der Waals surface area (Å²) in [5.74, 6) is -0.0763. The van der Waals surface area contributed by atoms with Crippen LogP contribution in [0.15, 0.2) is 12.1 Å². The topological polar surface area (TPSA) is 92.4 Å². The first-order valence-electron chi connectivity index (χ1n) is 5.15. The van der Waals surface area contributed by atoms with E-state index in [4.69, 9.17) is 11.6 Å². The molecule has 1 aromatic heterocycles. The molecule has 0 aliphatic heterocycles. The fraction of sp³-hybridized carbons (Fsp3) is 0.300. The number of pyridine rings is 1. The van der Waals surface area contributed by atoms with Gasteiger partial charge in [0.25, 0.3) is 5.91 Å². The lowest BCUT2D eigenvalue weighted by Crippen LogP contribution is -2.41. The van der Waals surface area contributed by atoms with Gasteiger partial charge in [-0.2, -0.15) is 0 Å². The molecule has 0 saturated heterocycles. The number of carbonyl (C=O) groups is 2. The third-order valence-corrected chi connectivity index (χ3v) is 2.06. The van der Waals surface area contributed by atoms with Gasteiger partial charge in [-0.25, -0.2) is 15.2 Å². The number of hydrogen-bond acceptors (Lipinski definition) is 5. The number of nitrogens with zero attached hydrogens (tertiary/aromatic N) is 1. The minimum absolute atomic E-state index is 0.170. The molecular weight excluding hydrogens is 260 g/mol. The highest BCUT2D eigenvalue weighted by molar-refractivity contribution is 6.29. The number of hydrazine groups is 1. The van der Waals surface area contributed by atoms with E-state index in [1.54, 1.807) is 14.0 Å². The van der Waals surface area contributed by atoms with E-state index in [0.717, 1.165) is 0 Å². The number of amides is 2. The molecule has 7 nitrogen and oxygen atoms in total. The molecule has 0 unspecified atom stereocenters. The van der Waals surface area contributed by atoms with Gasteiger partial charge in [0.2, 0.25) is 0 Å². The molecule has 0 spiro atoms. The average Bonchev–Trinajstić information content (AvgIpc) is 2.35. The van der Waals surface area contributed by atoms with Crippen molar-refractivity contribution in [1.82, 2.24) is 15.8 Å². The van der Waals surface area contributed by atoms with Crippen molar-refractivity contribution in [3.8, 4) is 0 Å². The highest BCUT2D eigenvalue weighted by Gasteiger charge is 2.10. The molecule has 1 aromatic rings. The monoisotopic (exact) mass is 272 g/mol. The Morgan fingerprint density at radius 1 is 1.39 bits per heavy atom. The summed E-state index contributed by atoms with van der Waals surface area (Å²) in [6.45, 7) is 1.87. The molecule has 18 heavy (non-hydrogen) atoms. The van der Waals surface area contributed by atoms with Crippen molar-refractivity contribution in [2.75, 3.05) is 19.0 Å². The Bertz CT molecular complexity index is 453. The second-order valence-corrected chi connectivity index (χ2v) is 3.50. The predicted molar refractivity (Wildman–Crippen MR) is 66.4 cm³/mol. The first-order chi connectivity index (χ1) is 8.56. The van der Waals surface area contributed by atoms with Gasteiger partial charge in [-0.15, -0.1) is 0 Å². The third-order valence-electron chi connectivity index (χ3n) is 1.87. The SMILES string of the molecule is CCOC(=O)NNC(=O)c1cc(Cl)nc(NC)c1. The molecule has 0 saturated carbocycles. The van der Waals surface area contributed by atoms with Crippen LogP contribution in [0.4, 0.5) is 10.6 Å². The number of anilines is 1. The van der Waals surface area contributed by atoms with Gasteiger partial charge in [-0.1, -0.05) is 11.6 Å². The number of nitrogens with one attached hydrogen (secondary N) is 3. The van der Waals surface area contributed by atoms with Crippen LogP contribution in [-0.2, 0) is 4.74 Å². The lowest BCUT2D eigenvalue weighted by molar-refractivity contribution is 0.0912. The van der Waals surface area contributed by atoms with Crippen LogP contribution in [0.25, 0.3) is 0 Å². The van der Waals surface area contributed by atoms with Gasteiger partial charge in [0, 0.05) is 12.6 Å². The molecule has 0 radical (unpaired) electrons. The maximum absolute atomic E-state index is 11.7. The summed E-state index contributed by atoms with van der Waals surface area (Å²) in [7, 11) is 1.65. The smallest absolute Gasteiger partial charge is 0.426 e.